The van der Waals surface area contributed by atoms with Crippen LogP contribution in [0.5, 0.6) is 0 Å². The second kappa shape index (κ2) is 8.54. The van der Waals surface area contributed by atoms with E-state index in [2.05, 4.69) is 25.4 Å². The number of alkyl halides is 6. The molecule has 0 unspecified atom stereocenters. The lowest BCUT2D eigenvalue weighted by Gasteiger charge is -2.26. The molecule has 0 aromatic heterocycles. The molecule has 0 N–H and O–H groups in total. The van der Waals surface area contributed by atoms with Crippen LogP contribution in [0, 0.1) is 0 Å². The molecule has 12 heteroatoms. The van der Waals surface area contributed by atoms with E-state index in [0.29, 0.717) is 11.0 Å². The zero-order chi connectivity index (χ0) is 22.9. The lowest BCUT2D eigenvalue weighted by atomic mass is 10.1. The van der Waals surface area contributed by atoms with Gasteiger partial charge in [-0.05, 0) is 40.2 Å². The smallest absolute Gasteiger partial charge is 0.417 e. The second-order valence-corrected chi connectivity index (χ2v) is 6.46. The number of carbonyl (C=O) groups is 2. The number of esters is 2. The number of ether oxygens (including phenoxy) is 2. The maximum atomic E-state index is 13.4. The lowest BCUT2D eigenvalue weighted by Crippen LogP contribution is -2.28. The van der Waals surface area contributed by atoms with Crippen molar-refractivity contribution in [1.82, 2.24) is 0 Å². The Kier molecular flexibility index (Phi) is 6.70. The zero-order valence-corrected chi connectivity index (χ0v) is 16.8. The largest absolute Gasteiger partial charge is 0.465 e. The fourth-order valence-corrected chi connectivity index (χ4v) is 3.15. The number of carbonyl (C=O) groups excluding carboxylic acids is 2. The fraction of sp³-hybridized carbons (Fsp3) is 0.222. The Morgan fingerprint density at radius 2 is 1.53 bits per heavy atom. The predicted molar refractivity (Wildman–Crippen MR) is 96.0 cm³/mol. The number of nitrogens with zero attached hydrogens (tertiary/aromatic N) is 1. The van der Waals surface area contributed by atoms with E-state index < -0.39 is 56.8 Å². The Bertz CT molecular complexity index is 963. The van der Waals surface area contributed by atoms with E-state index in [0.717, 1.165) is 26.5 Å². The van der Waals surface area contributed by atoms with Gasteiger partial charge < -0.3 is 14.4 Å². The molecule has 5 nitrogen and oxygen atoms in total. The van der Waals surface area contributed by atoms with Crippen LogP contribution < -0.4 is 4.90 Å². The summed E-state index contributed by atoms with van der Waals surface area (Å²) in [5.74, 6) is -2.25. The molecule has 0 aliphatic carbocycles. The normalized spacial score (nSPS) is 14.6. The van der Waals surface area contributed by atoms with Crippen molar-refractivity contribution in [3.63, 3.8) is 0 Å². The van der Waals surface area contributed by atoms with Gasteiger partial charge in [-0.3, -0.25) is 0 Å². The molecular formula is C18H12BrF6NO4. The highest BCUT2D eigenvalue weighted by Gasteiger charge is 2.41. The van der Waals surface area contributed by atoms with Crippen LogP contribution >= 0.6 is 15.9 Å². The zero-order valence-electron chi connectivity index (χ0n) is 15.2. The third-order valence-electron chi connectivity index (χ3n) is 3.83. The fourth-order valence-electron chi connectivity index (χ4n) is 2.51. The summed E-state index contributed by atoms with van der Waals surface area (Å²) < 4.78 is 88.4. The standard InChI is InChI=1S/C18H12BrF6NO4/c1-29-15(27)10-5-3-4-6-26(14(10)16(28)30-2)12-8-9(17(20,21)22)7-11(13(12)19)18(23,24)25/h3-8H,1-2H3. The van der Waals surface area contributed by atoms with Crippen LogP contribution in [0.15, 0.2) is 52.3 Å². The number of hydrogen-bond donors (Lipinski definition) is 0. The van der Waals surface area contributed by atoms with Gasteiger partial charge in [0.25, 0.3) is 0 Å². The number of methoxy groups -OCH3 is 2. The van der Waals surface area contributed by atoms with Crippen molar-refractivity contribution in [2.75, 3.05) is 19.1 Å². The summed E-state index contributed by atoms with van der Waals surface area (Å²) in [6.45, 7) is 0. The van der Waals surface area contributed by atoms with Crippen LogP contribution in [0.25, 0.3) is 0 Å². The molecule has 162 valence electrons. The molecule has 1 aliphatic heterocycles. The molecule has 2 rings (SSSR count). The number of rotatable bonds is 3. The summed E-state index contributed by atoms with van der Waals surface area (Å²) >= 11 is 2.68. The molecule has 1 aromatic rings. The monoisotopic (exact) mass is 499 g/mol. The Morgan fingerprint density at radius 1 is 0.933 bits per heavy atom. The Hall–Kier alpha value is -2.76. The number of anilines is 1. The van der Waals surface area contributed by atoms with Crippen molar-refractivity contribution in [1.29, 1.82) is 0 Å². The third kappa shape index (κ3) is 4.69. The molecule has 0 saturated heterocycles. The van der Waals surface area contributed by atoms with Crippen molar-refractivity contribution in [2.45, 2.75) is 12.4 Å². The van der Waals surface area contributed by atoms with E-state index in [1.54, 1.807) is 0 Å². The van der Waals surface area contributed by atoms with Crippen LogP contribution in [0.4, 0.5) is 32.0 Å². The molecule has 0 saturated carbocycles. The topological polar surface area (TPSA) is 55.8 Å². The molecule has 0 bridgehead atoms. The first-order valence-electron chi connectivity index (χ1n) is 7.85. The molecule has 0 fully saturated rings. The van der Waals surface area contributed by atoms with Crippen molar-refractivity contribution in [2.24, 2.45) is 0 Å². The average molecular weight is 500 g/mol. The van der Waals surface area contributed by atoms with Crippen LogP contribution in [0.3, 0.4) is 0 Å². The van der Waals surface area contributed by atoms with E-state index in [9.17, 15) is 35.9 Å². The van der Waals surface area contributed by atoms with E-state index in [-0.39, 0.29) is 6.07 Å². The molecule has 1 aromatic carbocycles. The summed E-state index contributed by atoms with van der Waals surface area (Å²) in [7, 11) is 1.92. The van der Waals surface area contributed by atoms with Crippen molar-refractivity contribution < 1.29 is 45.4 Å². The molecule has 0 atom stereocenters. The maximum Gasteiger partial charge on any atom is 0.417 e. The first-order chi connectivity index (χ1) is 13.8. The summed E-state index contributed by atoms with van der Waals surface area (Å²) in [4.78, 5) is 25.1. The molecule has 0 radical (unpaired) electrons. The second-order valence-electron chi connectivity index (χ2n) is 5.67. The van der Waals surface area contributed by atoms with Crippen molar-refractivity contribution >= 4 is 33.6 Å². The van der Waals surface area contributed by atoms with E-state index in [1.807, 2.05) is 0 Å². The number of allylic oxidation sites excluding steroid dienone is 2. The van der Waals surface area contributed by atoms with Gasteiger partial charge in [0.1, 0.15) is 5.70 Å². The first kappa shape index (κ1) is 23.5. The molecular weight excluding hydrogens is 488 g/mol. The van der Waals surface area contributed by atoms with E-state index in [1.165, 1.54) is 12.2 Å². The minimum Gasteiger partial charge on any atom is -0.465 e. The summed E-state index contributed by atoms with van der Waals surface area (Å²) in [6.07, 6.45) is -5.69. The Labute approximate surface area is 174 Å². The molecule has 1 heterocycles. The number of hydrogen-bond acceptors (Lipinski definition) is 5. The number of halogens is 7. The van der Waals surface area contributed by atoms with Gasteiger partial charge in [-0.1, -0.05) is 6.08 Å². The quantitative estimate of drug-likeness (QED) is 0.433. The summed E-state index contributed by atoms with van der Waals surface area (Å²) in [5.41, 5.74) is -5.00. The van der Waals surface area contributed by atoms with Crippen LogP contribution in [-0.4, -0.2) is 26.2 Å². The van der Waals surface area contributed by atoms with Gasteiger partial charge >= 0.3 is 24.3 Å². The highest BCUT2D eigenvalue weighted by molar-refractivity contribution is 9.10. The van der Waals surface area contributed by atoms with Gasteiger partial charge in [0.15, 0.2) is 0 Å². The van der Waals surface area contributed by atoms with Gasteiger partial charge in [0.2, 0.25) is 0 Å². The lowest BCUT2D eigenvalue weighted by molar-refractivity contribution is -0.143. The van der Waals surface area contributed by atoms with Gasteiger partial charge in [0, 0.05) is 6.20 Å². The number of benzene rings is 1. The highest BCUT2D eigenvalue weighted by atomic mass is 79.9. The maximum absolute atomic E-state index is 13.4. The molecule has 1 aliphatic rings. The van der Waals surface area contributed by atoms with E-state index in [4.69, 9.17) is 0 Å². The average Bonchev–Trinajstić information content (AvgIpc) is 2.87. The molecule has 0 spiro atoms. The van der Waals surface area contributed by atoms with E-state index >= 15 is 0 Å². The van der Waals surface area contributed by atoms with Gasteiger partial charge in [0.05, 0.1) is 41.1 Å². The van der Waals surface area contributed by atoms with Gasteiger partial charge in [-0.25, -0.2) is 9.59 Å². The van der Waals surface area contributed by atoms with Crippen LogP contribution in [0.2, 0.25) is 0 Å². The van der Waals surface area contributed by atoms with Crippen molar-refractivity contribution in [3.05, 3.63) is 63.4 Å². The van der Waals surface area contributed by atoms with Crippen LogP contribution in [-0.2, 0) is 31.4 Å². The molecule has 30 heavy (non-hydrogen) atoms. The minimum absolute atomic E-state index is 0.0594. The SMILES string of the molecule is COC(=O)C1=C(C(=O)OC)N(c2cc(C(F)(F)F)cc(C(F)(F)F)c2Br)C=CC=C1. The summed E-state index contributed by atoms with van der Waals surface area (Å²) in [6, 6.07) is 0.350. The Balaban J connectivity index is 2.91. The van der Waals surface area contributed by atoms with Crippen LogP contribution in [0.1, 0.15) is 11.1 Å². The first-order valence-corrected chi connectivity index (χ1v) is 8.65. The Morgan fingerprint density at radius 3 is 2.03 bits per heavy atom. The van der Waals surface area contributed by atoms with Gasteiger partial charge in [-0.15, -0.1) is 0 Å². The van der Waals surface area contributed by atoms with Gasteiger partial charge in [-0.2, -0.15) is 26.3 Å². The molecule has 0 amide bonds. The minimum atomic E-state index is -5.15. The van der Waals surface area contributed by atoms with Crippen molar-refractivity contribution in [3.8, 4) is 0 Å². The highest BCUT2D eigenvalue weighted by Crippen LogP contribution is 2.45. The summed E-state index contributed by atoms with van der Waals surface area (Å²) in [5, 5.41) is 0. The predicted octanol–water partition coefficient (Wildman–Crippen LogP) is 4.98. The third-order valence-corrected chi connectivity index (χ3v) is 4.67.